The fraction of sp³-hybridized carbons (Fsp3) is 0.923. The number of hydrogen-bond donors (Lipinski definition) is 2. The number of carbonyl (C=O) groups is 1. The van der Waals surface area contributed by atoms with Crippen LogP contribution in [0.1, 0.15) is 39.5 Å². The summed E-state index contributed by atoms with van der Waals surface area (Å²) in [6, 6.07) is 0.505. The largest absolute Gasteiger partial charge is 0.376 e. The van der Waals surface area contributed by atoms with Crippen molar-refractivity contribution in [2.45, 2.75) is 57.7 Å². The normalized spacial score (nSPS) is 30.2. The molecule has 3 unspecified atom stereocenters. The average molecular weight is 240 g/mol. The summed E-state index contributed by atoms with van der Waals surface area (Å²) >= 11 is 0. The highest BCUT2D eigenvalue weighted by molar-refractivity contribution is 5.77. The van der Waals surface area contributed by atoms with Gasteiger partial charge in [0.15, 0.2) is 0 Å². The van der Waals surface area contributed by atoms with Crippen LogP contribution in [0.2, 0.25) is 0 Å². The molecule has 0 radical (unpaired) electrons. The molecule has 17 heavy (non-hydrogen) atoms. The summed E-state index contributed by atoms with van der Waals surface area (Å²) < 4.78 is 5.71. The molecule has 4 nitrogen and oxygen atoms in total. The summed E-state index contributed by atoms with van der Waals surface area (Å²) in [6.45, 7) is 5.81. The monoisotopic (exact) mass is 240 g/mol. The van der Waals surface area contributed by atoms with Crippen LogP contribution in [-0.4, -0.2) is 37.2 Å². The van der Waals surface area contributed by atoms with E-state index in [-0.39, 0.29) is 24.1 Å². The molecule has 0 bridgehead atoms. The van der Waals surface area contributed by atoms with Gasteiger partial charge in [-0.15, -0.1) is 0 Å². The van der Waals surface area contributed by atoms with Gasteiger partial charge in [-0.05, 0) is 38.6 Å². The zero-order valence-corrected chi connectivity index (χ0v) is 10.9. The van der Waals surface area contributed by atoms with Crippen molar-refractivity contribution in [2.24, 2.45) is 5.92 Å². The van der Waals surface area contributed by atoms with E-state index in [2.05, 4.69) is 17.6 Å². The number of nitrogens with one attached hydrogen (secondary N) is 2. The van der Waals surface area contributed by atoms with Gasteiger partial charge in [-0.1, -0.05) is 6.92 Å². The summed E-state index contributed by atoms with van der Waals surface area (Å²) in [7, 11) is 0. The van der Waals surface area contributed by atoms with E-state index in [1.54, 1.807) is 0 Å². The third kappa shape index (κ3) is 3.68. The van der Waals surface area contributed by atoms with E-state index < -0.39 is 0 Å². The predicted octanol–water partition coefficient (Wildman–Crippen LogP) is 1.06. The van der Waals surface area contributed by atoms with Crippen LogP contribution in [0.3, 0.4) is 0 Å². The second-order valence-corrected chi connectivity index (χ2v) is 5.30. The quantitative estimate of drug-likeness (QED) is 0.730. The summed E-state index contributed by atoms with van der Waals surface area (Å²) in [4.78, 5) is 11.9. The lowest BCUT2D eigenvalue weighted by molar-refractivity contribution is -0.122. The molecule has 3 atom stereocenters. The third-order valence-corrected chi connectivity index (χ3v) is 3.61. The van der Waals surface area contributed by atoms with E-state index >= 15 is 0 Å². The Kier molecular flexibility index (Phi) is 4.40. The smallest absolute Gasteiger partial charge is 0.221 e. The summed E-state index contributed by atoms with van der Waals surface area (Å²) in [5.74, 6) is 0.855. The van der Waals surface area contributed by atoms with Crippen LogP contribution in [-0.2, 0) is 9.53 Å². The minimum Gasteiger partial charge on any atom is -0.376 e. The van der Waals surface area contributed by atoms with Gasteiger partial charge in [0.05, 0.1) is 12.1 Å². The van der Waals surface area contributed by atoms with Crippen LogP contribution in [0.15, 0.2) is 0 Å². The second kappa shape index (κ2) is 5.83. The molecular formula is C13H24N2O2. The van der Waals surface area contributed by atoms with E-state index in [0.29, 0.717) is 12.3 Å². The zero-order valence-electron chi connectivity index (χ0n) is 10.9. The number of rotatable bonds is 6. The van der Waals surface area contributed by atoms with Crippen LogP contribution in [0.25, 0.3) is 0 Å². The first-order valence-electron chi connectivity index (χ1n) is 6.85. The highest BCUT2D eigenvalue weighted by Crippen LogP contribution is 2.38. The Bertz CT molecular complexity index is 266. The standard InChI is InChI=1S/C13H24N2O2/c1-3-14-9(2)8-12(16)15-11-6-7-17-13(11)10-4-5-10/h9-11,13-14H,3-8H2,1-2H3,(H,15,16). The van der Waals surface area contributed by atoms with Crippen molar-refractivity contribution in [3.8, 4) is 0 Å². The van der Waals surface area contributed by atoms with Crippen molar-refractivity contribution in [3.05, 3.63) is 0 Å². The Morgan fingerprint density at radius 3 is 2.82 bits per heavy atom. The van der Waals surface area contributed by atoms with Crippen molar-refractivity contribution in [2.75, 3.05) is 13.2 Å². The summed E-state index contributed by atoms with van der Waals surface area (Å²) in [5, 5.41) is 6.39. The summed E-state index contributed by atoms with van der Waals surface area (Å²) in [5.41, 5.74) is 0. The van der Waals surface area contributed by atoms with Crippen molar-refractivity contribution < 1.29 is 9.53 Å². The predicted molar refractivity (Wildman–Crippen MR) is 66.8 cm³/mol. The fourth-order valence-electron chi connectivity index (χ4n) is 2.62. The van der Waals surface area contributed by atoms with Gasteiger partial charge in [0, 0.05) is 19.1 Å². The fourth-order valence-corrected chi connectivity index (χ4v) is 2.62. The van der Waals surface area contributed by atoms with Gasteiger partial charge in [-0.25, -0.2) is 0 Å². The SMILES string of the molecule is CCNC(C)CC(=O)NC1CCOC1C1CC1. The van der Waals surface area contributed by atoms with Crippen LogP contribution < -0.4 is 10.6 Å². The Balaban J connectivity index is 1.73. The van der Waals surface area contributed by atoms with Gasteiger partial charge < -0.3 is 15.4 Å². The zero-order chi connectivity index (χ0) is 12.3. The van der Waals surface area contributed by atoms with Crippen LogP contribution in [0, 0.1) is 5.92 Å². The van der Waals surface area contributed by atoms with Gasteiger partial charge in [-0.3, -0.25) is 4.79 Å². The minimum atomic E-state index is 0.152. The molecule has 1 saturated heterocycles. The maximum absolute atomic E-state index is 11.9. The number of carbonyl (C=O) groups excluding carboxylic acids is 1. The van der Waals surface area contributed by atoms with Crippen molar-refractivity contribution in [1.82, 2.24) is 10.6 Å². The maximum Gasteiger partial charge on any atom is 0.221 e. The molecule has 1 aliphatic carbocycles. The first kappa shape index (κ1) is 12.8. The van der Waals surface area contributed by atoms with Crippen molar-refractivity contribution in [1.29, 1.82) is 0 Å². The molecule has 1 amide bonds. The van der Waals surface area contributed by atoms with Crippen LogP contribution >= 0.6 is 0 Å². The molecule has 0 aromatic rings. The first-order chi connectivity index (χ1) is 8.20. The topological polar surface area (TPSA) is 50.4 Å². The molecule has 1 heterocycles. The molecule has 0 aromatic carbocycles. The van der Waals surface area contributed by atoms with E-state index in [4.69, 9.17) is 4.74 Å². The number of hydrogen-bond acceptors (Lipinski definition) is 3. The first-order valence-corrected chi connectivity index (χ1v) is 6.85. The van der Waals surface area contributed by atoms with Gasteiger partial charge in [0.25, 0.3) is 0 Å². The van der Waals surface area contributed by atoms with Gasteiger partial charge in [0.1, 0.15) is 0 Å². The minimum absolute atomic E-state index is 0.152. The molecule has 2 aliphatic rings. The van der Waals surface area contributed by atoms with E-state index in [9.17, 15) is 4.79 Å². The van der Waals surface area contributed by atoms with Gasteiger partial charge >= 0.3 is 0 Å². The van der Waals surface area contributed by atoms with Gasteiger partial charge in [-0.2, -0.15) is 0 Å². The summed E-state index contributed by atoms with van der Waals surface area (Å²) in [6.07, 6.45) is 4.35. The molecule has 2 fully saturated rings. The lowest BCUT2D eigenvalue weighted by atomic mass is 10.1. The highest BCUT2D eigenvalue weighted by Gasteiger charge is 2.41. The Hall–Kier alpha value is -0.610. The number of amides is 1. The highest BCUT2D eigenvalue weighted by atomic mass is 16.5. The van der Waals surface area contributed by atoms with Crippen LogP contribution in [0.4, 0.5) is 0 Å². The molecule has 0 spiro atoms. The Labute approximate surface area is 103 Å². The molecule has 0 aromatic heterocycles. The molecule has 4 heteroatoms. The van der Waals surface area contributed by atoms with Crippen LogP contribution in [0.5, 0.6) is 0 Å². The van der Waals surface area contributed by atoms with Gasteiger partial charge in [0.2, 0.25) is 5.91 Å². The second-order valence-electron chi connectivity index (χ2n) is 5.30. The van der Waals surface area contributed by atoms with Crippen molar-refractivity contribution >= 4 is 5.91 Å². The molecular weight excluding hydrogens is 216 g/mol. The molecule has 2 N–H and O–H groups in total. The maximum atomic E-state index is 11.9. The van der Waals surface area contributed by atoms with E-state index in [1.807, 2.05) is 6.92 Å². The van der Waals surface area contributed by atoms with E-state index in [0.717, 1.165) is 19.6 Å². The lowest BCUT2D eigenvalue weighted by Gasteiger charge is -2.20. The molecule has 1 saturated carbocycles. The Morgan fingerprint density at radius 1 is 1.41 bits per heavy atom. The Morgan fingerprint density at radius 2 is 2.18 bits per heavy atom. The average Bonchev–Trinajstić information content (AvgIpc) is 3.00. The van der Waals surface area contributed by atoms with Crippen molar-refractivity contribution in [3.63, 3.8) is 0 Å². The number of ether oxygens (including phenoxy) is 1. The lowest BCUT2D eigenvalue weighted by Crippen LogP contribution is -2.43. The molecule has 1 aliphatic heterocycles. The van der Waals surface area contributed by atoms with E-state index in [1.165, 1.54) is 12.8 Å². The molecule has 2 rings (SSSR count). The third-order valence-electron chi connectivity index (χ3n) is 3.61. The molecule has 98 valence electrons.